The molecule has 67 heavy (non-hydrogen) atoms. The molecule has 0 radical (unpaired) electrons. The van der Waals surface area contributed by atoms with E-state index in [0.29, 0.717) is 62.7 Å². The van der Waals surface area contributed by atoms with Crippen LogP contribution in [0.4, 0.5) is 35.1 Å². The third-order valence-electron chi connectivity index (χ3n) is 16.1. The van der Waals surface area contributed by atoms with E-state index < -0.39 is 70.4 Å². The van der Waals surface area contributed by atoms with Crippen LogP contribution in [0.1, 0.15) is 107 Å². The Kier molecular flexibility index (Phi) is 11.4. The highest BCUT2D eigenvalue weighted by Crippen LogP contribution is 2.61. The number of aromatic nitrogens is 4. The molecule has 356 valence electrons. The number of aryl methyl sites for hydroxylation is 2. The van der Waals surface area contributed by atoms with Crippen LogP contribution in [0.5, 0.6) is 0 Å². The molecular formula is C51H52F8N4O4. The maximum atomic E-state index is 14.0. The zero-order valence-corrected chi connectivity index (χ0v) is 37.3. The predicted octanol–water partition coefficient (Wildman–Crippen LogP) is 11.0. The van der Waals surface area contributed by atoms with Gasteiger partial charge >= 0.3 is 12.4 Å². The Balaban J connectivity index is 0.000000168. The van der Waals surface area contributed by atoms with Crippen LogP contribution >= 0.6 is 0 Å². The fourth-order valence-corrected chi connectivity index (χ4v) is 12.4. The van der Waals surface area contributed by atoms with Gasteiger partial charge in [-0.2, -0.15) is 36.5 Å². The van der Waals surface area contributed by atoms with Crippen molar-refractivity contribution in [1.29, 1.82) is 0 Å². The van der Waals surface area contributed by atoms with Gasteiger partial charge in [0.05, 0.1) is 34.8 Å². The molecule has 16 heteroatoms. The molecule has 8 nitrogen and oxygen atoms in total. The van der Waals surface area contributed by atoms with E-state index in [1.54, 1.807) is 46.0 Å². The molecule has 0 bridgehead atoms. The van der Waals surface area contributed by atoms with Crippen LogP contribution in [0.15, 0.2) is 85.2 Å². The van der Waals surface area contributed by atoms with E-state index in [-0.39, 0.29) is 24.5 Å². The molecule has 2 aromatic heterocycles. The second-order valence-corrected chi connectivity index (χ2v) is 19.6. The van der Waals surface area contributed by atoms with Crippen LogP contribution in [-0.2, 0) is 28.5 Å². The SMILES string of the molecule is CC[C@@]12CC(=O)[C@](O)(C(F)(F)F)C[C@H]1CCCc1cc3c(cnn3-c3ccc(F)cc3)cc12.CC[C@@]12C[C@@](C)(O)[C@](O)(C(F)(F)F)C[C@H]1CCCc1cc3c(cnn3-c3ccc(F)cc3)cc12. The molecule has 2 saturated carbocycles. The van der Waals surface area contributed by atoms with Crippen molar-refractivity contribution in [1.82, 2.24) is 19.6 Å². The maximum Gasteiger partial charge on any atom is 0.424 e. The molecule has 6 aromatic rings. The van der Waals surface area contributed by atoms with Crippen molar-refractivity contribution in [3.8, 4) is 11.4 Å². The molecule has 2 heterocycles. The minimum atomic E-state index is -4.99. The van der Waals surface area contributed by atoms with E-state index in [1.807, 2.05) is 38.1 Å². The highest BCUT2D eigenvalue weighted by Gasteiger charge is 2.70. The van der Waals surface area contributed by atoms with Gasteiger partial charge in [-0.25, -0.2) is 18.1 Å². The molecule has 0 aliphatic heterocycles. The number of nitrogens with zero attached hydrogens (tertiary/aromatic N) is 4. The van der Waals surface area contributed by atoms with Gasteiger partial charge in [0.15, 0.2) is 11.4 Å². The third-order valence-corrected chi connectivity index (χ3v) is 16.1. The average molecular weight is 937 g/mol. The summed E-state index contributed by atoms with van der Waals surface area (Å²) in [7, 11) is 0. The molecule has 0 unspecified atom stereocenters. The minimum Gasteiger partial charge on any atom is -0.387 e. The number of aliphatic hydroxyl groups is 3. The summed E-state index contributed by atoms with van der Waals surface area (Å²) in [4.78, 5) is 12.8. The molecule has 0 spiro atoms. The second kappa shape index (κ2) is 16.2. The number of halogens is 8. The van der Waals surface area contributed by atoms with Crippen molar-refractivity contribution in [2.24, 2.45) is 11.8 Å². The van der Waals surface area contributed by atoms with E-state index >= 15 is 0 Å². The molecule has 0 saturated heterocycles. The van der Waals surface area contributed by atoms with Gasteiger partial charge in [-0.05, 0) is 184 Å². The molecule has 10 rings (SSSR count). The Hall–Kier alpha value is -5.19. The molecular weight excluding hydrogens is 885 g/mol. The number of carbonyl (C=O) groups is 1. The Morgan fingerprint density at radius 2 is 1.10 bits per heavy atom. The Labute approximate surface area is 381 Å². The van der Waals surface area contributed by atoms with Crippen LogP contribution in [-0.4, -0.2) is 69.8 Å². The van der Waals surface area contributed by atoms with Gasteiger partial charge in [0.1, 0.15) is 17.2 Å². The summed E-state index contributed by atoms with van der Waals surface area (Å²) in [5.41, 5.74) is -3.31. The second-order valence-electron chi connectivity index (χ2n) is 19.6. The topological polar surface area (TPSA) is 113 Å². The maximum absolute atomic E-state index is 14.0. The molecule has 0 amide bonds. The zero-order chi connectivity index (χ0) is 48.1. The smallest absolute Gasteiger partial charge is 0.387 e. The number of carbonyl (C=O) groups excluding carboxylic acids is 1. The molecule has 4 aliphatic rings. The number of fused-ring (bicyclic) bond motifs is 8. The summed E-state index contributed by atoms with van der Waals surface area (Å²) in [6.45, 7) is 4.96. The number of ketones is 1. The van der Waals surface area contributed by atoms with Crippen LogP contribution < -0.4 is 0 Å². The molecule has 4 aliphatic carbocycles. The highest BCUT2D eigenvalue weighted by molar-refractivity contribution is 5.91. The van der Waals surface area contributed by atoms with Crippen molar-refractivity contribution in [2.75, 3.05) is 0 Å². The number of hydrogen-bond acceptors (Lipinski definition) is 6. The van der Waals surface area contributed by atoms with E-state index in [2.05, 4.69) is 10.2 Å². The summed E-state index contributed by atoms with van der Waals surface area (Å²) in [6, 6.07) is 20.0. The third kappa shape index (κ3) is 7.38. The van der Waals surface area contributed by atoms with Crippen molar-refractivity contribution >= 4 is 27.6 Å². The normalized spacial score (nSPS) is 29.8. The highest BCUT2D eigenvalue weighted by atomic mass is 19.4. The van der Waals surface area contributed by atoms with Gasteiger partial charge < -0.3 is 15.3 Å². The Morgan fingerprint density at radius 1 is 0.657 bits per heavy atom. The Bertz CT molecular complexity index is 2850. The lowest BCUT2D eigenvalue weighted by Crippen LogP contribution is -2.68. The first-order chi connectivity index (χ1) is 31.5. The van der Waals surface area contributed by atoms with E-state index in [0.717, 1.165) is 51.0 Å². The van der Waals surface area contributed by atoms with Crippen molar-refractivity contribution in [2.45, 2.75) is 138 Å². The lowest BCUT2D eigenvalue weighted by Gasteiger charge is -2.57. The number of rotatable bonds is 4. The summed E-state index contributed by atoms with van der Waals surface area (Å²) in [5.74, 6) is -2.72. The van der Waals surface area contributed by atoms with Crippen LogP contribution in [0.25, 0.3) is 33.2 Å². The van der Waals surface area contributed by atoms with E-state index in [9.17, 15) is 55.2 Å². The van der Waals surface area contributed by atoms with Gasteiger partial charge in [-0.3, -0.25) is 4.79 Å². The molecule has 7 atom stereocenters. The molecule has 2 fully saturated rings. The lowest BCUT2D eigenvalue weighted by atomic mass is 9.52. The number of Topliss-reactive ketones (excluding diaryl/α,β-unsaturated/α-hetero) is 1. The van der Waals surface area contributed by atoms with Crippen LogP contribution in [0.3, 0.4) is 0 Å². The van der Waals surface area contributed by atoms with Gasteiger partial charge in [-0.1, -0.05) is 13.8 Å². The number of hydrogen-bond donors (Lipinski definition) is 3. The fraction of sp³-hybridized carbons (Fsp3) is 0.471. The average Bonchev–Trinajstić information content (AvgIpc) is 3.81. The Morgan fingerprint density at radius 3 is 1.54 bits per heavy atom. The van der Waals surface area contributed by atoms with Crippen LogP contribution in [0.2, 0.25) is 0 Å². The minimum absolute atomic E-state index is 0.179. The largest absolute Gasteiger partial charge is 0.424 e. The number of alkyl halides is 6. The van der Waals surface area contributed by atoms with E-state index in [4.69, 9.17) is 0 Å². The quantitative estimate of drug-likeness (QED) is 0.152. The molecule has 4 aromatic carbocycles. The number of benzene rings is 4. The van der Waals surface area contributed by atoms with E-state index in [1.165, 1.54) is 24.3 Å². The first-order valence-corrected chi connectivity index (χ1v) is 22.9. The van der Waals surface area contributed by atoms with Crippen molar-refractivity contribution < 1.29 is 55.2 Å². The van der Waals surface area contributed by atoms with Gasteiger partial charge in [0, 0.05) is 28.0 Å². The summed E-state index contributed by atoms with van der Waals surface area (Å²) >= 11 is 0. The first kappa shape index (κ1) is 46.9. The lowest BCUT2D eigenvalue weighted by molar-refractivity contribution is -0.337. The summed E-state index contributed by atoms with van der Waals surface area (Å²) < 4.78 is 113. The monoisotopic (exact) mass is 936 g/mol. The predicted molar refractivity (Wildman–Crippen MR) is 235 cm³/mol. The van der Waals surface area contributed by atoms with Crippen LogP contribution in [0, 0.1) is 23.5 Å². The van der Waals surface area contributed by atoms with Crippen molar-refractivity contribution in [3.05, 3.63) is 119 Å². The summed E-state index contributed by atoms with van der Waals surface area (Å²) in [5, 5.41) is 42.7. The summed E-state index contributed by atoms with van der Waals surface area (Å²) in [6.07, 6.45) is -3.37. The van der Waals surface area contributed by atoms with Gasteiger partial charge in [-0.15, -0.1) is 0 Å². The standard InChI is InChI=1S/C26H28F4N2O2.C25H24F4N2O2/c1-3-24-15-23(2,33)25(34,26(28,29)30)13-18(24)6-4-5-16-12-22-17(11-21(16)24)14-31-32(22)20-9-7-19(27)8-10-20;1-2-23-13-22(32)24(33,25(27,28)29)12-17(23)5-3-4-15-11-21-16(10-20(15)23)14-30-31(21)19-8-6-18(26)7-9-19/h7-12,14,18,33-34H,3-6,13,15H2,1-2H3;6-11,14,17,33H,2-5,12-13H2,1H3/t18-,23-,24-,25+;17-,23-,24+/m11/s1. The van der Waals surface area contributed by atoms with Gasteiger partial charge in [0.2, 0.25) is 5.60 Å². The molecule has 3 N–H and O–H groups in total. The first-order valence-electron chi connectivity index (χ1n) is 22.9. The van der Waals surface area contributed by atoms with Crippen molar-refractivity contribution in [3.63, 3.8) is 0 Å². The zero-order valence-electron chi connectivity index (χ0n) is 37.3. The fourth-order valence-electron chi connectivity index (χ4n) is 12.4. The van der Waals surface area contributed by atoms with Gasteiger partial charge in [0.25, 0.3) is 0 Å².